The summed E-state index contributed by atoms with van der Waals surface area (Å²) in [5.74, 6) is -1.71. The molecule has 2 rings (SSSR count). The van der Waals surface area contributed by atoms with Crippen LogP contribution in [0, 0.1) is 5.82 Å². The molecule has 0 spiro atoms. The molecule has 1 aliphatic heterocycles. The molecule has 1 N–H and O–H groups in total. The van der Waals surface area contributed by atoms with Crippen molar-refractivity contribution in [3.8, 4) is 5.75 Å². The van der Waals surface area contributed by atoms with Gasteiger partial charge < -0.3 is 4.74 Å². The maximum absolute atomic E-state index is 13.4. The van der Waals surface area contributed by atoms with E-state index in [2.05, 4.69) is 5.32 Å². The van der Waals surface area contributed by atoms with E-state index in [1.807, 2.05) is 0 Å². The van der Waals surface area contributed by atoms with E-state index in [1.165, 1.54) is 19.2 Å². The van der Waals surface area contributed by atoms with Crippen molar-refractivity contribution < 1.29 is 18.7 Å². The van der Waals surface area contributed by atoms with Gasteiger partial charge in [0.25, 0.3) is 0 Å². The molecule has 1 aliphatic rings. The number of nitrogens with one attached hydrogen (secondary N) is 1. The Morgan fingerprint density at radius 1 is 1.44 bits per heavy atom. The molecule has 0 saturated carbocycles. The number of ether oxygens (including phenoxy) is 1. The van der Waals surface area contributed by atoms with Crippen molar-refractivity contribution in [3.63, 3.8) is 0 Å². The fraction of sp³-hybridized carbons (Fsp3) is 0.273. The molecule has 1 aromatic rings. The lowest BCUT2D eigenvalue weighted by atomic mass is 9.97. The van der Waals surface area contributed by atoms with Crippen LogP contribution in [0.5, 0.6) is 5.75 Å². The van der Waals surface area contributed by atoms with Crippen LogP contribution in [0.4, 0.5) is 4.39 Å². The number of rotatable bonds is 2. The average molecular weight is 223 g/mol. The Morgan fingerprint density at radius 2 is 2.19 bits per heavy atom. The summed E-state index contributed by atoms with van der Waals surface area (Å²) in [5, 5.41) is 2.18. The van der Waals surface area contributed by atoms with Crippen molar-refractivity contribution in [2.75, 3.05) is 7.11 Å². The molecule has 0 aromatic heterocycles. The zero-order valence-corrected chi connectivity index (χ0v) is 8.62. The van der Waals surface area contributed by atoms with E-state index in [4.69, 9.17) is 4.74 Å². The number of methoxy groups -OCH3 is 1. The number of carbonyl (C=O) groups is 2. The van der Waals surface area contributed by atoms with Crippen LogP contribution in [-0.2, 0) is 9.59 Å². The minimum Gasteiger partial charge on any atom is -0.494 e. The number of hydrogen-bond donors (Lipinski definition) is 1. The standard InChI is InChI=1S/C11H10FNO3/c1-16-9-3-2-6(4-8(9)12)7-5-10(14)13-11(7)15/h2-4,7H,5H2,1H3,(H,13,14,15). The van der Waals surface area contributed by atoms with Crippen LogP contribution >= 0.6 is 0 Å². The van der Waals surface area contributed by atoms with Crippen LogP contribution < -0.4 is 10.1 Å². The number of amides is 2. The van der Waals surface area contributed by atoms with Gasteiger partial charge in [-0.3, -0.25) is 14.9 Å². The molecule has 1 atom stereocenters. The van der Waals surface area contributed by atoms with Crippen LogP contribution in [-0.4, -0.2) is 18.9 Å². The molecule has 1 fully saturated rings. The quantitative estimate of drug-likeness (QED) is 0.760. The second kappa shape index (κ2) is 3.92. The summed E-state index contributed by atoms with van der Waals surface area (Å²) in [6, 6.07) is 4.26. The molecule has 0 aliphatic carbocycles. The van der Waals surface area contributed by atoms with Gasteiger partial charge >= 0.3 is 0 Å². The molecule has 4 nitrogen and oxygen atoms in total. The van der Waals surface area contributed by atoms with Crippen LogP contribution in [0.1, 0.15) is 17.9 Å². The summed E-state index contributed by atoms with van der Waals surface area (Å²) < 4.78 is 18.2. The minimum atomic E-state index is -0.590. The largest absolute Gasteiger partial charge is 0.494 e. The van der Waals surface area contributed by atoms with Gasteiger partial charge in [-0.25, -0.2) is 4.39 Å². The summed E-state index contributed by atoms with van der Waals surface area (Å²) in [7, 11) is 1.36. The van der Waals surface area contributed by atoms with Gasteiger partial charge in [0.05, 0.1) is 13.0 Å². The van der Waals surface area contributed by atoms with Gasteiger partial charge in [0, 0.05) is 6.42 Å². The summed E-state index contributed by atoms with van der Waals surface area (Å²) in [6.45, 7) is 0. The summed E-state index contributed by atoms with van der Waals surface area (Å²) in [5.41, 5.74) is 0.488. The fourth-order valence-electron chi connectivity index (χ4n) is 1.72. The highest BCUT2D eigenvalue weighted by atomic mass is 19.1. The predicted molar refractivity (Wildman–Crippen MR) is 53.5 cm³/mol. The number of imide groups is 1. The Kier molecular flexibility index (Phi) is 2.60. The highest BCUT2D eigenvalue weighted by Gasteiger charge is 2.32. The molecule has 0 radical (unpaired) electrons. The van der Waals surface area contributed by atoms with Gasteiger partial charge in [0.15, 0.2) is 11.6 Å². The van der Waals surface area contributed by atoms with E-state index in [0.29, 0.717) is 5.56 Å². The van der Waals surface area contributed by atoms with E-state index in [9.17, 15) is 14.0 Å². The first-order valence-corrected chi connectivity index (χ1v) is 4.79. The van der Waals surface area contributed by atoms with E-state index in [0.717, 1.165) is 0 Å². The zero-order chi connectivity index (χ0) is 11.7. The lowest BCUT2D eigenvalue weighted by Crippen LogP contribution is -2.21. The van der Waals surface area contributed by atoms with Crippen LogP contribution in [0.15, 0.2) is 18.2 Å². The first-order valence-electron chi connectivity index (χ1n) is 4.79. The van der Waals surface area contributed by atoms with Gasteiger partial charge in [-0.05, 0) is 17.7 Å². The van der Waals surface area contributed by atoms with E-state index >= 15 is 0 Å². The molecular weight excluding hydrogens is 213 g/mol. The average Bonchev–Trinajstić information content (AvgIpc) is 2.58. The van der Waals surface area contributed by atoms with Gasteiger partial charge in [-0.1, -0.05) is 6.07 Å². The summed E-state index contributed by atoms with van der Waals surface area (Å²) >= 11 is 0. The van der Waals surface area contributed by atoms with Crippen molar-refractivity contribution >= 4 is 11.8 Å². The van der Waals surface area contributed by atoms with Crippen molar-refractivity contribution in [1.29, 1.82) is 0 Å². The van der Waals surface area contributed by atoms with E-state index in [1.54, 1.807) is 6.07 Å². The third kappa shape index (κ3) is 1.76. The summed E-state index contributed by atoms with van der Waals surface area (Å²) in [6.07, 6.45) is 0.0740. The topological polar surface area (TPSA) is 55.4 Å². The predicted octanol–water partition coefficient (Wildman–Crippen LogP) is 0.964. The molecule has 1 unspecified atom stereocenters. The Balaban J connectivity index is 2.31. The molecule has 16 heavy (non-hydrogen) atoms. The monoisotopic (exact) mass is 223 g/mol. The third-order valence-corrected chi connectivity index (χ3v) is 2.55. The highest BCUT2D eigenvalue weighted by molar-refractivity contribution is 6.06. The second-order valence-electron chi connectivity index (χ2n) is 3.56. The van der Waals surface area contributed by atoms with Gasteiger partial charge in [0.2, 0.25) is 11.8 Å². The number of carbonyl (C=O) groups excluding carboxylic acids is 2. The molecule has 2 amide bonds. The SMILES string of the molecule is COc1ccc(C2CC(=O)NC2=O)cc1F. The van der Waals surface area contributed by atoms with Gasteiger partial charge in [-0.2, -0.15) is 0 Å². The lowest BCUT2D eigenvalue weighted by molar-refractivity contribution is -0.125. The fourth-order valence-corrected chi connectivity index (χ4v) is 1.72. The molecule has 5 heteroatoms. The van der Waals surface area contributed by atoms with Crippen molar-refractivity contribution in [1.82, 2.24) is 5.32 Å². The Hall–Kier alpha value is -1.91. The molecule has 1 heterocycles. The molecule has 0 bridgehead atoms. The first-order chi connectivity index (χ1) is 7.61. The lowest BCUT2D eigenvalue weighted by Gasteiger charge is -2.08. The van der Waals surface area contributed by atoms with E-state index in [-0.39, 0.29) is 24.0 Å². The molecule has 84 valence electrons. The van der Waals surface area contributed by atoms with Gasteiger partial charge in [0.1, 0.15) is 0 Å². The number of halogens is 1. The van der Waals surface area contributed by atoms with Crippen LogP contribution in [0.2, 0.25) is 0 Å². The normalized spacial score (nSPS) is 19.8. The Labute approximate surface area is 91.4 Å². The Bertz CT molecular complexity index is 459. The van der Waals surface area contributed by atoms with Crippen LogP contribution in [0.3, 0.4) is 0 Å². The van der Waals surface area contributed by atoms with Crippen LogP contribution in [0.25, 0.3) is 0 Å². The first kappa shape index (κ1) is 10.6. The maximum Gasteiger partial charge on any atom is 0.234 e. The third-order valence-electron chi connectivity index (χ3n) is 2.55. The minimum absolute atomic E-state index is 0.0740. The number of benzene rings is 1. The highest BCUT2D eigenvalue weighted by Crippen LogP contribution is 2.27. The molecular formula is C11H10FNO3. The van der Waals surface area contributed by atoms with Gasteiger partial charge in [-0.15, -0.1) is 0 Å². The van der Waals surface area contributed by atoms with Crippen molar-refractivity contribution in [2.24, 2.45) is 0 Å². The maximum atomic E-state index is 13.4. The zero-order valence-electron chi connectivity index (χ0n) is 8.62. The molecule has 1 saturated heterocycles. The van der Waals surface area contributed by atoms with E-state index < -0.39 is 11.7 Å². The smallest absolute Gasteiger partial charge is 0.234 e. The second-order valence-corrected chi connectivity index (χ2v) is 3.56. The summed E-state index contributed by atoms with van der Waals surface area (Å²) in [4.78, 5) is 22.4. The van der Waals surface area contributed by atoms with Crippen molar-refractivity contribution in [3.05, 3.63) is 29.6 Å². The number of hydrogen-bond acceptors (Lipinski definition) is 3. The Morgan fingerprint density at radius 3 is 2.69 bits per heavy atom. The molecule has 1 aromatic carbocycles. The van der Waals surface area contributed by atoms with Crippen molar-refractivity contribution in [2.45, 2.75) is 12.3 Å².